The van der Waals surface area contributed by atoms with Crippen molar-refractivity contribution >= 4 is 50.1 Å². The van der Waals surface area contributed by atoms with Gasteiger partial charge in [0.25, 0.3) is 0 Å². The van der Waals surface area contributed by atoms with Crippen molar-refractivity contribution in [2.24, 2.45) is 0 Å². The lowest BCUT2D eigenvalue weighted by molar-refractivity contribution is -0.115. The number of benzene rings is 1. The highest BCUT2D eigenvalue weighted by molar-refractivity contribution is 7.94. The van der Waals surface area contributed by atoms with E-state index in [1.54, 1.807) is 17.5 Å². The van der Waals surface area contributed by atoms with Gasteiger partial charge in [0.15, 0.2) is 9.84 Å². The first kappa shape index (κ1) is 15.8. The van der Waals surface area contributed by atoms with E-state index in [1.165, 1.54) is 25.1 Å². The second kappa shape index (κ2) is 6.05. The second-order valence-corrected chi connectivity index (χ2v) is 8.22. The third-order valence-electron chi connectivity index (χ3n) is 2.88. The maximum absolute atomic E-state index is 12.3. The van der Waals surface area contributed by atoms with Gasteiger partial charge in [0.05, 0.1) is 11.4 Å². The number of nitrogens with one attached hydrogen (secondary N) is 1. The molecule has 8 heteroatoms. The molecule has 0 spiro atoms. The first-order valence-electron chi connectivity index (χ1n) is 5.95. The van der Waals surface area contributed by atoms with E-state index in [1.807, 2.05) is 0 Å². The summed E-state index contributed by atoms with van der Waals surface area (Å²) in [5.41, 5.74) is 6.33. The molecule has 112 valence electrons. The molecular weight excluding hydrogens is 332 g/mol. The summed E-state index contributed by atoms with van der Waals surface area (Å²) in [5, 5.41) is 3.31. The molecule has 0 aliphatic rings. The van der Waals surface area contributed by atoms with E-state index in [4.69, 9.17) is 17.3 Å². The van der Waals surface area contributed by atoms with Gasteiger partial charge in [-0.3, -0.25) is 4.79 Å². The summed E-state index contributed by atoms with van der Waals surface area (Å²) in [6, 6.07) is 7.68. The minimum absolute atomic E-state index is 0.157. The zero-order valence-electron chi connectivity index (χ0n) is 11.0. The van der Waals surface area contributed by atoms with E-state index in [9.17, 15) is 13.2 Å². The minimum Gasteiger partial charge on any atom is -0.397 e. The minimum atomic E-state index is -3.71. The lowest BCUT2D eigenvalue weighted by Gasteiger charge is -2.13. The third kappa shape index (κ3) is 3.37. The Balaban J connectivity index is 2.22. The van der Waals surface area contributed by atoms with Crippen LogP contribution in [0.25, 0.3) is 0 Å². The maximum atomic E-state index is 12.3. The van der Waals surface area contributed by atoms with Crippen LogP contribution in [0.3, 0.4) is 0 Å². The molecule has 5 nitrogen and oxygen atoms in total. The number of carbonyl (C=O) groups is 1. The van der Waals surface area contributed by atoms with Crippen molar-refractivity contribution in [3.8, 4) is 0 Å². The highest BCUT2D eigenvalue weighted by atomic mass is 35.5. The standard InChI is InChI=1S/C13H13ClN2O3S2/c1-8(21(18,19)12-3-2-6-20-12)13(17)16-11-7-9(14)4-5-10(11)15/h2-8H,15H2,1H3,(H,16,17). The Morgan fingerprint density at radius 3 is 2.71 bits per heavy atom. The number of hydrogen-bond acceptors (Lipinski definition) is 5. The van der Waals surface area contributed by atoms with Gasteiger partial charge < -0.3 is 11.1 Å². The van der Waals surface area contributed by atoms with E-state index in [0.29, 0.717) is 16.4 Å². The Labute approximate surface area is 131 Å². The lowest BCUT2D eigenvalue weighted by Crippen LogP contribution is -2.32. The molecule has 0 aliphatic carbocycles. The van der Waals surface area contributed by atoms with Gasteiger partial charge in [0.1, 0.15) is 9.46 Å². The van der Waals surface area contributed by atoms with Crippen molar-refractivity contribution in [3.05, 3.63) is 40.7 Å². The average molecular weight is 345 g/mol. The predicted molar refractivity (Wildman–Crippen MR) is 85.5 cm³/mol. The van der Waals surface area contributed by atoms with Crippen LogP contribution in [0.5, 0.6) is 0 Å². The number of anilines is 2. The number of sulfone groups is 1. The van der Waals surface area contributed by atoms with Gasteiger partial charge in [-0.15, -0.1) is 11.3 Å². The van der Waals surface area contributed by atoms with Crippen molar-refractivity contribution < 1.29 is 13.2 Å². The second-order valence-electron chi connectivity index (χ2n) is 4.34. The summed E-state index contributed by atoms with van der Waals surface area (Å²) in [7, 11) is -3.71. The van der Waals surface area contributed by atoms with Crippen LogP contribution in [0.4, 0.5) is 11.4 Å². The zero-order chi connectivity index (χ0) is 15.6. The number of amides is 1. The number of hydrogen-bond donors (Lipinski definition) is 2. The fraction of sp³-hybridized carbons (Fsp3) is 0.154. The first-order valence-corrected chi connectivity index (χ1v) is 8.76. The summed E-state index contributed by atoms with van der Waals surface area (Å²) in [5.74, 6) is -0.655. The normalized spacial score (nSPS) is 12.9. The molecule has 0 saturated carbocycles. The average Bonchev–Trinajstić information content (AvgIpc) is 2.96. The summed E-state index contributed by atoms with van der Waals surface area (Å²) >= 11 is 6.90. The molecule has 1 heterocycles. The summed E-state index contributed by atoms with van der Waals surface area (Å²) in [4.78, 5) is 12.1. The lowest BCUT2D eigenvalue weighted by atomic mass is 10.2. The Bertz CT molecular complexity index is 758. The molecule has 21 heavy (non-hydrogen) atoms. The monoisotopic (exact) mass is 344 g/mol. The molecule has 0 saturated heterocycles. The number of carbonyl (C=O) groups excluding carboxylic acids is 1. The number of halogens is 1. The smallest absolute Gasteiger partial charge is 0.242 e. The van der Waals surface area contributed by atoms with Crippen LogP contribution < -0.4 is 11.1 Å². The van der Waals surface area contributed by atoms with Gasteiger partial charge in [0.2, 0.25) is 5.91 Å². The molecule has 0 aliphatic heterocycles. The van der Waals surface area contributed by atoms with Gasteiger partial charge in [-0.2, -0.15) is 0 Å². The Morgan fingerprint density at radius 1 is 1.38 bits per heavy atom. The van der Waals surface area contributed by atoms with Gasteiger partial charge >= 0.3 is 0 Å². The van der Waals surface area contributed by atoms with Gasteiger partial charge in [-0.25, -0.2) is 8.42 Å². The van der Waals surface area contributed by atoms with Crippen molar-refractivity contribution in [1.29, 1.82) is 0 Å². The SMILES string of the molecule is CC(C(=O)Nc1cc(Cl)ccc1N)S(=O)(=O)c1cccs1. The fourth-order valence-electron chi connectivity index (χ4n) is 1.61. The molecule has 2 aromatic rings. The number of nitrogens with two attached hydrogens (primary N) is 1. The largest absolute Gasteiger partial charge is 0.397 e. The summed E-state index contributed by atoms with van der Waals surface area (Å²) in [6.07, 6.45) is 0. The molecule has 1 atom stereocenters. The Morgan fingerprint density at radius 2 is 2.10 bits per heavy atom. The number of thiophene rings is 1. The summed E-state index contributed by atoms with van der Waals surface area (Å²) in [6.45, 7) is 1.34. The molecule has 3 N–H and O–H groups in total. The molecule has 2 rings (SSSR count). The zero-order valence-corrected chi connectivity index (χ0v) is 13.4. The van der Waals surface area contributed by atoms with Crippen molar-refractivity contribution in [1.82, 2.24) is 0 Å². The Kier molecular flexibility index (Phi) is 4.55. The first-order chi connectivity index (χ1) is 9.82. The molecule has 1 amide bonds. The van der Waals surface area contributed by atoms with Crippen LogP contribution in [0, 0.1) is 0 Å². The van der Waals surface area contributed by atoms with Crippen LogP contribution in [0.15, 0.2) is 39.9 Å². The van der Waals surface area contributed by atoms with E-state index < -0.39 is 21.0 Å². The van der Waals surface area contributed by atoms with Gasteiger partial charge in [-0.05, 0) is 36.6 Å². The highest BCUT2D eigenvalue weighted by Gasteiger charge is 2.30. The van der Waals surface area contributed by atoms with Crippen LogP contribution in [0.1, 0.15) is 6.92 Å². The highest BCUT2D eigenvalue weighted by Crippen LogP contribution is 2.25. The van der Waals surface area contributed by atoms with Crippen molar-refractivity contribution in [2.45, 2.75) is 16.4 Å². The van der Waals surface area contributed by atoms with Crippen LogP contribution in [-0.4, -0.2) is 19.6 Å². The van der Waals surface area contributed by atoms with Crippen LogP contribution in [0.2, 0.25) is 5.02 Å². The quantitative estimate of drug-likeness (QED) is 0.834. The van der Waals surface area contributed by atoms with Gasteiger partial charge in [-0.1, -0.05) is 17.7 Å². The van der Waals surface area contributed by atoms with E-state index in [-0.39, 0.29) is 4.21 Å². The van der Waals surface area contributed by atoms with E-state index in [0.717, 1.165) is 11.3 Å². The molecule has 0 fully saturated rings. The Hall–Kier alpha value is -1.57. The molecule has 0 bridgehead atoms. The maximum Gasteiger partial charge on any atom is 0.242 e. The van der Waals surface area contributed by atoms with Crippen LogP contribution >= 0.6 is 22.9 Å². The molecule has 1 aromatic heterocycles. The molecule has 1 aromatic carbocycles. The topological polar surface area (TPSA) is 89.3 Å². The van der Waals surface area contributed by atoms with Crippen molar-refractivity contribution in [2.75, 3.05) is 11.1 Å². The summed E-state index contributed by atoms with van der Waals surface area (Å²) < 4.78 is 24.7. The fourth-order valence-corrected chi connectivity index (χ4v) is 4.33. The van der Waals surface area contributed by atoms with Crippen LogP contribution in [-0.2, 0) is 14.6 Å². The third-order valence-corrected chi connectivity index (χ3v) is 6.61. The van der Waals surface area contributed by atoms with Crippen molar-refractivity contribution in [3.63, 3.8) is 0 Å². The molecule has 0 radical (unpaired) electrons. The number of nitrogen functional groups attached to an aromatic ring is 1. The van der Waals surface area contributed by atoms with Gasteiger partial charge in [0, 0.05) is 5.02 Å². The van der Waals surface area contributed by atoms with E-state index in [2.05, 4.69) is 5.32 Å². The molecule has 1 unspecified atom stereocenters. The van der Waals surface area contributed by atoms with E-state index >= 15 is 0 Å². The number of rotatable bonds is 4. The molecular formula is C13H13ClN2O3S2. The predicted octanol–water partition coefficient (Wildman–Crippen LogP) is 2.78.